The first kappa shape index (κ1) is 44.3. The molecular weight excluding hydrogens is 896 g/mol. The SMILES string of the molecule is C=C1CCC(N2Cc3cc(N4CCC(CN5C[C@@H]6CN(c7ccc(-c8cnc9[nH]cc(C(=O)c%10c(F)ccc(NS(=O)(=O)N%11CC[C@@H](F)C%11)c%10F)c9c8)cc7)C[C@@H]6C5)CC4)ccc3C2=O)C(=O)N1. The number of rotatable bonds is 11. The fraction of sp³-hybridized carbons (Fsp3) is 0.400. The molecule has 2 aromatic heterocycles. The molecule has 0 saturated carbocycles. The molecule has 6 aliphatic rings. The topological polar surface area (TPSA) is 154 Å². The van der Waals surface area contributed by atoms with E-state index in [0.717, 1.165) is 97.6 Å². The second-order valence-corrected chi connectivity index (χ2v) is 21.0. The van der Waals surface area contributed by atoms with Crippen molar-refractivity contribution in [2.45, 2.75) is 50.9 Å². The molecule has 2 amide bonds. The summed E-state index contributed by atoms with van der Waals surface area (Å²) >= 11 is 0. The molecule has 0 bridgehead atoms. The highest BCUT2D eigenvalue weighted by molar-refractivity contribution is 7.90. The van der Waals surface area contributed by atoms with Crippen molar-refractivity contribution in [3.63, 3.8) is 0 Å². The van der Waals surface area contributed by atoms with Gasteiger partial charge in [0, 0.05) is 117 Å². The largest absolute Gasteiger partial charge is 0.372 e. The molecule has 1 unspecified atom stereocenters. The fourth-order valence-corrected chi connectivity index (χ4v) is 12.6. The third kappa shape index (κ3) is 8.19. The van der Waals surface area contributed by atoms with Crippen molar-refractivity contribution < 1.29 is 36.0 Å². The van der Waals surface area contributed by atoms with Gasteiger partial charge in [-0.1, -0.05) is 18.7 Å². The Hall–Kier alpha value is -6.24. The van der Waals surface area contributed by atoms with Gasteiger partial charge in [-0.15, -0.1) is 0 Å². The number of nitrogens with zero attached hydrogens (tertiary/aromatic N) is 6. The summed E-state index contributed by atoms with van der Waals surface area (Å²) in [5, 5.41) is 3.16. The minimum atomic E-state index is -4.35. The Morgan fingerprint density at radius 2 is 1.60 bits per heavy atom. The lowest BCUT2D eigenvalue weighted by molar-refractivity contribution is -0.126. The van der Waals surface area contributed by atoms with Gasteiger partial charge in [0.15, 0.2) is 5.82 Å². The van der Waals surface area contributed by atoms with Crippen LogP contribution in [-0.2, 0) is 21.5 Å². The molecule has 0 aliphatic carbocycles. The number of carbonyl (C=O) groups is 3. The van der Waals surface area contributed by atoms with E-state index < -0.39 is 51.1 Å². The predicted molar refractivity (Wildman–Crippen MR) is 252 cm³/mol. The van der Waals surface area contributed by atoms with E-state index in [1.807, 2.05) is 18.2 Å². The van der Waals surface area contributed by atoms with Crippen LogP contribution in [0.2, 0.25) is 0 Å². The molecule has 18 heteroatoms. The van der Waals surface area contributed by atoms with Gasteiger partial charge >= 0.3 is 10.2 Å². The maximum atomic E-state index is 15.8. The fourth-order valence-electron chi connectivity index (χ4n) is 11.3. The smallest absolute Gasteiger partial charge is 0.301 e. The van der Waals surface area contributed by atoms with E-state index in [2.05, 4.69) is 65.6 Å². The number of fused-ring (bicyclic) bond motifs is 3. The zero-order valence-corrected chi connectivity index (χ0v) is 38.2. The number of nitrogens with one attached hydrogen (secondary N) is 3. The van der Waals surface area contributed by atoms with E-state index in [1.54, 1.807) is 17.2 Å². The van der Waals surface area contributed by atoms with E-state index in [0.29, 0.717) is 65.0 Å². The van der Waals surface area contributed by atoms with E-state index in [1.165, 1.54) is 6.20 Å². The van der Waals surface area contributed by atoms with Gasteiger partial charge in [-0.2, -0.15) is 12.7 Å². The zero-order valence-electron chi connectivity index (χ0n) is 37.4. The lowest BCUT2D eigenvalue weighted by Gasteiger charge is -2.35. The number of benzene rings is 3. The number of carbonyl (C=O) groups excluding carboxylic acids is 3. The van der Waals surface area contributed by atoms with Crippen molar-refractivity contribution in [1.29, 1.82) is 0 Å². The molecule has 6 aliphatic heterocycles. The number of aromatic amines is 1. The number of H-pyrrole nitrogens is 1. The number of alkyl halides is 1. The molecule has 5 fully saturated rings. The number of pyridine rings is 1. The maximum absolute atomic E-state index is 15.8. The lowest BCUT2D eigenvalue weighted by Crippen LogP contribution is -2.49. The van der Waals surface area contributed by atoms with Crippen molar-refractivity contribution in [3.8, 4) is 11.1 Å². The van der Waals surface area contributed by atoms with Gasteiger partial charge in [0.1, 0.15) is 23.7 Å². The van der Waals surface area contributed by atoms with Crippen LogP contribution in [0.1, 0.15) is 63.9 Å². The summed E-state index contributed by atoms with van der Waals surface area (Å²) in [5.74, 6) is -1.94. The van der Waals surface area contributed by atoms with Crippen molar-refractivity contribution in [2.75, 3.05) is 73.4 Å². The van der Waals surface area contributed by atoms with Gasteiger partial charge in [0.05, 0.1) is 11.3 Å². The minimum absolute atomic E-state index is 0.00840. The highest BCUT2D eigenvalue weighted by atomic mass is 32.2. The number of piperidine rings is 2. The summed E-state index contributed by atoms with van der Waals surface area (Å²) in [4.78, 5) is 56.3. The molecule has 5 aromatic rings. The molecular formula is C50H52F3N9O5S. The Bertz CT molecular complexity index is 2960. The summed E-state index contributed by atoms with van der Waals surface area (Å²) in [5.41, 5.74) is 4.96. The molecule has 11 rings (SSSR count). The average Bonchev–Trinajstić information content (AvgIpc) is 4.17. The normalized spacial score (nSPS) is 23.8. The van der Waals surface area contributed by atoms with Gasteiger partial charge in [0.2, 0.25) is 11.7 Å². The molecule has 68 heavy (non-hydrogen) atoms. The Balaban J connectivity index is 0.683. The van der Waals surface area contributed by atoms with Crippen LogP contribution in [0.15, 0.2) is 85.3 Å². The average molecular weight is 948 g/mol. The van der Waals surface area contributed by atoms with E-state index in [-0.39, 0.29) is 36.9 Å². The third-order valence-corrected chi connectivity index (χ3v) is 16.5. The number of allylic oxidation sites excluding steroid dienone is 1. The van der Waals surface area contributed by atoms with Crippen LogP contribution in [0.3, 0.4) is 0 Å². The number of halogens is 3. The number of amides is 2. The molecule has 3 aromatic carbocycles. The molecule has 8 heterocycles. The molecule has 4 atom stereocenters. The molecule has 5 saturated heterocycles. The Morgan fingerprint density at radius 3 is 2.32 bits per heavy atom. The quantitative estimate of drug-likeness (QED) is 0.127. The van der Waals surface area contributed by atoms with Crippen LogP contribution < -0.4 is 19.8 Å². The highest BCUT2D eigenvalue weighted by Crippen LogP contribution is 2.38. The van der Waals surface area contributed by atoms with Crippen LogP contribution in [-0.4, -0.2) is 121 Å². The van der Waals surface area contributed by atoms with Crippen molar-refractivity contribution in [2.24, 2.45) is 17.8 Å². The molecule has 0 radical (unpaired) electrons. The summed E-state index contributed by atoms with van der Waals surface area (Å²) in [6.45, 7) is 11.0. The monoisotopic (exact) mass is 947 g/mol. The predicted octanol–water partition coefficient (Wildman–Crippen LogP) is 6.47. The van der Waals surface area contributed by atoms with Gasteiger partial charge in [-0.25, -0.2) is 18.2 Å². The summed E-state index contributed by atoms with van der Waals surface area (Å²) in [6, 6.07) is 17.3. The number of hydrogen-bond acceptors (Lipinski definition) is 9. The van der Waals surface area contributed by atoms with Crippen LogP contribution in [0.5, 0.6) is 0 Å². The van der Waals surface area contributed by atoms with Crippen LogP contribution in [0.4, 0.5) is 30.2 Å². The first-order valence-corrected chi connectivity index (χ1v) is 24.9. The van der Waals surface area contributed by atoms with E-state index in [9.17, 15) is 27.2 Å². The second kappa shape index (κ2) is 17.4. The van der Waals surface area contributed by atoms with E-state index in [4.69, 9.17) is 0 Å². The summed E-state index contributed by atoms with van der Waals surface area (Å²) < 4.78 is 73.3. The zero-order chi connectivity index (χ0) is 47.0. The van der Waals surface area contributed by atoms with Gasteiger partial charge in [-0.05, 0) is 110 Å². The summed E-state index contributed by atoms with van der Waals surface area (Å²) in [7, 11) is -4.35. The van der Waals surface area contributed by atoms with Gasteiger partial charge < -0.3 is 29.9 Å². The number of hydrogen-bond donors (Lipinski definition) is 3. The molecule has 14 nitrogen and oxygen atoms in total. The molecule has 354 valence electrons. The first-order chi connectivity index (χ1) is 32.8. The van der Waals surface area contributed by atoms with Crippen molar-refractivity contribution in [3.05, 3.63) is 119 Å². The van der Waals surface area contributed by atoms with Crippen molar-refractivity contribution >= 4 is 55.9 Å². The van der Waals surface area contributed by atoms with Crippen LogP contribution in [0.25, 0.3) is 22.2 Å². The Labute approximate surface area is 392 Å². The molecule has 0 spiro atoms. The number of likely N-dealkylation sites (tertiary alicyclic amines) is 1. The van der Waals surface area contributed by atoms with Crippen molar-refractivity contribution in [1.82, 2.24) is 29.4 Å². The van der Waals surface area contributed by atoms with Gasteiger partial charge in [0.25, 0.3) is 5.91 Å². The van der Waals surface area contributed by atoms with E-state index >= 15 is 8.78 Å². The second-order valence-electron chi connectivity index (χ2n) is 19.3. The third-order valence-electron chi connectivity index (χ3n) is 15.0. The maximum Gasteiger partial charge on any atom is 0.301 e. The number of aromatic nitrogens is 2. The number of anilines is 3. The number of ketones is 1. The Kier molecular flexibility index (Phi) is 11.3. The summed E-state index contributed by atoms with van der Waals surface area (Å²) in [6.07, 6.45) is 5.17. The first-order valence-electron chi connectivity index (χ1n) is 23.4. The standard InChI is InChI=1S/C50H52F3N9O5S/c1-29-2-11-44(49(64)56-29)62-27-33-18-38(7-8-39(33)50(62)65)59-15-12-30(13-16-59)22-58-23-34-25-60(26-35(34)24-58)37-5-3-31(4-6-37)32-19-40-41(21-55-48(40)54-20-32)47(63)45-42(52)9-10-43(46(45)53)57-68(66,67)61-17-14-36(51)28-61/h3-10,18-21,30,34-36,44,57H,1-2,11-17,22-28H2,(H,54,55)(H,56,64)/t34-,35+,36-,44?/m1/s1. The van der Waals surface area contributed by atoms with Crippen LogP contribution >= 0.6 is 0 Å². The Morgan fingerprint density at radius 1 is 0.853 bits per heavy atom. The molecule has 3 N–H and O–H groups in total. The lowest BCUT2D eigenvalue weighted by atomic mass is 9.95. The van der Waals surface area contributed by atoms with Crippen LogP contribution in [0, 0.1) is 29.4 Å². The highest BCUT2D eigenvalue weighted by Gasteiger charge is 2.42. The minimum Gasteiger partial charge on any atom is -0.372 e. The van der Waals surface area contributed by atoms with Gasteiger partial charge in [-0.3, -0.25) is 19.1 Å².